The van der Waals surface area contributed by atoms with E-state index in [0.717, 1.165) is 4.47 Å². The first-order valence-corrected chi connectivity index (χ1v) is 7.84. The molecule has 0 saturated carbocycles. The molecule has 0 aromatic heterocycles. The third kappa shape index (κ3) is 3.68. The minimum atomic E-state index is -3.54. The van der Waals surface area contributed by atoms with Crippen LogP contribution in [0, 0.1) is 0 Å². The Hall–Kier alpha value is -0.180. The Morgan fingerprint density at radius 3 is 2.42 bits per heavy atom. The zero-order chi connectivity index (χ0) is 13.3. The second kappa shape index (κ2) is 6.51. The van der Waals surface area contributed by atoms with Gasteiger partial charge in [0.25, 0.3) is 0 Å². The third-order valence-electron chi connectivity index (χ3n) is 3.05. The molecule has 1 fully saturated rings. The molecule has 1 saturated heterocycles. The lowest BCUT2D eigenvalue weighted by Crippen LogP contribution is -2.52. The Labute approximate surface area is 127 Å². The van der Waals surface area contributed by atoms with Crippen molar-refractivity contribution >= 4 is 38.4 Å². The van der Waals surface area contributed by atoms with Crippen molar-refractivity contribution in [2.45, 2.75) is 23.5 Å². The molecular formula is C11H16BrClN2O3S. The Morgan fingerprint density at radius 1 is 1.32 bits per heavy atom. The maximum absolute atomic E-state index is 12.3. The smallest absolute Gasteiger partial charge is 0.243 e. The topological polar surface area (TPSA) is 83.6 Å². The standard InChI is InChI=1S/C11H15BrN2O3S.ClH/c12-8-1-3-9(4-2-8)18(16,17)14-6-5-10(13)11(15)7-14;/h1-4,10-11,15H,5-7,13H2;1H. The van der Waals surface area contributed by atoms with Crippen LogP contribution in [0.3, 0.4) is 0 Å². The van der Waals surface area contributed by atoms with Gasteiger partial charge in [0.15, 0.2) is 0 Å². The number of nitrogens with two attached hydrogens (primary N) is 1. The highest BCUT2D eigenvalue weighted by Crippen LogP contribution is 2.22. The second-order valence-corrected chi connectivity index (χ2v) is 7.19. The van der Waals surface area contributed by atoms with Gasteiger partial charge in [-0.1, -0.05) is 15.9 Å². The molecule has 1 aliphatic rings. The Kier molecular flexibility index (Phi) is 5.78. The molecule has 5 nitrogen and oxygen atoms in total. The normalized spacial score (nSPS) is 24.8. The molecule has 108 valence electrons. The van der Waals surface area contributed by atoms with Crippen molar-refractivity contribution in [2.75, 3.05) is 13.1 Å². The predicted molar refractivity (Wildman–Crippen MR) is 78.7 cm³/mol. The van der Waals surface area contributed by atoms with E-state index >= 15 is 0 Å². The van der Waals surface area contributed by atoms with Gasteiger partial charge < -0.3 is 10.8 Å². The van der Waals surface area contributed by atoms with Gasteiger partial charge in [0, 0.05) is 23.6 Å². The minimum Gasteiger partial charge on any atom is -0.390 e. The SMILES string of the molecule is Cl.NC1CCN(S(=O)(=O)c2ccc(Br)cc2)CC1O. The van der Waals surface area contributed by atoms with Crippen LogP contribution in [0.25, 0.3) is 0 Å². The van der Waals surface area contributed by atoms with Gasteiger partial charge in [-0.15, -0.1) is 12.4 Å². The van der Waals surface area contributed by atoms with Crippen molar-refractivity contribution in [1.82, 2.24) is 4.31 Å². The summed E-state index contributed by atoms with van der Waals surface area (Å²) >= 11 is 3.26. The zero-order valence-electron chi connectivity index (χ0n) is 10.1. The number of aliphatic hydroxyl groups excluding tert-OH is 1. The molecule has 2 rings (SSSR count). The predicted octanol–water partition coefficient (Wildman–Crippen LogP) is 0.953. The molecule has 0 bridgehead atoms. The molecule has 3 N–H and O–H groups in total. The van der Waals surface area contributed by atoms with E-state index in [-0.39, 0.29) is 29.9 Å². The number of hydrogen-bond acceptors (Lipinski definition) is 4. The maximum Gasteiger partial charge on any atom is 0.243 e. The lowest BCUT2D eigenvalue weighted by atomic mass is 10.1. The van der Waals surface area contributed by atoms with Gasteiger partial charge in [0.05, 0.1) is 11.0 Å². The summed E-state index contributed by atoms with van der Waals surface area (Å²) in [7, 11) is -3.54. The van der Waals surface area contributed by atoms with E-state index in [1.165, 1.54) is 4.31 Å². The van der Waals surface area contributed by atoms with E-state index in [1.54, 1.807) is 24.3 Å². The highest BCUT2D eigenvalue weighted by atomic mass is 79.9. The van der Waals surface area contributed by atoms with Crippen LogP contribution in [0.4, 0.5) is 0 Å². The van der Waals surface area contributed by atoms with Crippen LogP contribution in [-0.2, 0) is 10.0 Å². The summed E-state index contributed by atoms with van der Waals surface area (Å²) in [6, 6.07) is 6.10. The van der Waals surface area contributed by atoms with E-state index in [0.29, 0.717) is 13.0 Å². The number of β-amino-alcohol motifs (C(OH)–C–C–N with tert-alkyl or cyclic N) is 1. The fourth-order valence-corrected chi connectivity index (χ4v) is 3.63. The minimum absolute atomic E-state index is 0. The molecule has 19 heavy (non-hydrogen) atoms. The molecule has 0 amide bonds. The molecule has 2 atom stereocenters. The number of aliphatic hydroxyl groups is 1. The van der Waals surface area contributed by atoms with Gasteiger partial charge in [0.1, 0.15) is 0 Å². The fraction of sp³-hybridized carbons (Fsp3) is 0.455. The van der Waals surface area contributed by atoms with E-state index in [4.69, 9.17) is 5.73 Å². The average Bonchev–Trinajstić information content (AvgIpc) is 2.33. The number of rotatable bonds is 2. The molecule has 0 aliphatic carbocycles. The van der Waals surface area contributed by atoms with Crippen molar-refractivity contribution < 1.29 is 13.5 Å². The highest BCUT2D eigenvalue weighted by molar-refractivity contribution is 9.10. The summed E-state index contributed by atoms with van der Waals surface area (Å²) in [5.41, 5.74) is 5.66. The largest absolute Gasteiger partial charge is 0.390 e. The summed E-state index contributed by atoms with van der Waals surface area (Å²) in [6.45, 7) is 0.399. The van der Waals surface area contributed by atoms with Crippen LogP contribution in [0.5, 0.6) is 0 Å². The molecular weight excluding hydrogens is 356 g/mol. The first kappa shape index (κ1) is 16.9. The van der Waals surface area contributed by atoms with Crippen LogP contribution < -0.4 is 5.73 Å². The summed E-state index contributed by atoms with van der Waals surface area (Å²) < 4.78 is 26.7. The van der Waals surface area contributed by atoms with Crippen molar-refractivity contribution in [3.05, 3.63) is 28.7 Å². The number of hydrogen-bond donors (Lipinski definition) is 2. The summed E-state index contributed by atoms with van der Waals surface area (Å²) in [5.74, 6) is 0. The number of benzene rings is 1. The quantitative estimate of drug-likeness (QED) is 0.811. The lowest BCUT2D eigenvalue weighted by molar-refractivity contribution is 0.0877. The van der Waals surface area contributed by atoms with Gasteiger partial charge in [-0.3, -0.25) is 0 Å². The number of piperidine rings is 1. The van der Waals surface area contributed by atoms with E-state index in [9.17, 15) is 13.5 Å². The van der Waals surface area contributed by atoms with Gasteiger partial charge in [-0.25, -0.2) is 8.42 Å². The van der Waals surface area contributed by atoms with Gasteiger partial charge >= 0.3 is 0 Å². The number of sulfonamides is 1. The van der Waals surface area contributed by atoms with Gasteiger partial charge in [-0.05, 0) is 30.7 Å². The van der Waals surface area contributed by atoms with Crippen molar-refractivity contribution in [3.8, 4) is 0 Å². The summed E-state index contributed by atoms with van der Waals surface area (Å²) in [4.78, 5) is 0.230. The molecule has 0 spiro atoms. The molecule has 0 radical (unpaired) electrons. The first-order valence-electron chi connectivity index (χ1n) is 5.60. The van der Waals surface area contributed by atoms with Crippen LogP contribution in [0.15, 0.2) is 33.6 Å². The van der Waals surface area contributed by atoms with Crippen LogP contribution in [0.2, 0.25) is 0 Å². The van der Waals surface area contributed by atoms with Crippen LogP contribution >= 0.6 is 28.3 Å². The van der Waals surface area contributed by atoms with E-state index in [1.807, 2.05) is 0 Å². The Balaban J connectivity index is 0.00000180. The van der Waals surface area contributed by atoms with Crippen molar-refractivity contribution in [1.29, 1.82) is 0 Å². The number of halogens is 2. The van der Waals surface area contributed by atoms with Crippen LogP contribution in [-0.4, -0.2) is 43.1 Å². The summed E-state index contributed by atoms with van der Waals surface area (Å²) in [6.07, 6.45) is -0.333. The molecule has 1 heterocycles. The molecule has 1 aromatic carbocycles. The fourth-order valence-electron chi connectivity index (χ4n) is 1.89. The monoisotopic (exact) mass is 370 g/mol. The van der Waals surface area contributed by atoms with Crippen LogP contribution in [0.1, 0.15) is 6.42 Å². The maximum atomic E-state index is 12.3. The van der Waals surface area contributed by atoms with E-state index in [2.05, 4.69) is 15.9 Å². The van der Waals surface area contributed by atoms with Crippen molar-refractivity contribution in [3.63, 3.8) is 0 Å². The molecule has 1 aliphatic heterocycles. The zero-order valence-corrected chi connectivity index (χ0v) is 13.3. The highest BCUT2D eigenvalue weighted by Gasteiger charge is 2.32. The van der Waals surface area contributed by atoms with Crippen molar-refractivity contribution in [2.24, 2.45) is 5.73 Å². The Bertz CT molecular complexity index is 523. The third-order valence-corrected chi connectivity index (χ3v) is 5.46. The molecule has 1 aromatic rings. The number of nitrogens with zero attached hydrogens (tertiary/aromatic N) is 1. The van der Waals surface area contributed by atoms with Gasteiger partial charge in [0.2, 0.25) is 10.0 Å². The van der Waals surface area contributed by atoms with Gasteiger partial charge in [-0.2, -0.15) is 4.31 Å². The summed E-state index contributed by atoms with van der Waals surface area (Å²) in [5, 5.41) is 9.66. The second-order valence-electron chi connectivity index (χ2n) is 4.34. The lowest BCUT2D eigenvalue weighted by Gasteiger charge is -2.33. The molecule has 8 heteroatoms. The Morgan fingerprint density at radius 2 is 1.89 bits per heavy atom. The molecule has 2 unspecified atom stereocenters. The van der Waals surface area contributed by atoms with E-state index < -0.39 is 16.1 Å². The average molecular weight is 372 g/mol. The first-order chi connectivity index (χ1) is 8.41.